The number of nitrogens with zero attached hydrogens (tertiary/aromatic N) is 1. The summed E-state index contributed by atoms with van der Waals surface area (Å²) in [5.74, 6) is 0.546. The van der Waals surface area contributed by atoms with E-state index in [1.54, 1.807) is 12.1 Å². The zero-order valence-electron chi connectivity index (χ0n) is 6.60. The molecule has 13 heavy (non-hydrogen) atoms. The molecule has 0 fully saturated rings. The number of aliphatic imine (C=N–C) groups is 1. The summed E-state index contributed by atoms with van der Waals surface area (Å²) in [4.78, 5) is 4.04. The van der Waals surface area contributed by atoms with Crippen molar-refractivity contribution in [2.45, 2.75) is 0 Å². The molecule has 0 saturated heterocycles. The molecule has 2 nitrogen and oxygen atoms in total. The molecular weight excluding hydrogens is 275 g/mol. The van der Waals surface area contributed by atoms with Gasteiger partial charge in [-0.1, -0.05) is 27.5 Å². The van der Waals surface area contributed by atoms with Crippen LogP contribution in [0.2, 0.25) is 5.02 Å². The SMILES string of the molecule is NC(CCl)=Nc1cc(Br)ccc1Cl. The Hall–Kier alpha value is -0.250. The lowest BCUT2D eigenvalue weighted by atomic mass is 10.3. The quantitative estimate of drug-likeness (QED) is 0.504. The Morgan fingerprint density at radius 1 is 1.54 bits per heavy atom. The van der Waals surface area contributed by atoms with E-state index in [-0.39, 0.29) is 5.88 Å². The topological polar surface area (TPSA) is 38.4 Å². The zero-order chi connectivity index (χ0) is 9.84. The maximum Gasteiger partial charge on any atom is 0.115 e. The van der Waals surface area contributed by atoms with Gasteiger partial charge in [0.15, 0.2) is 0 Å². The van der Waals surface area contributed by atoms with Gasteiger partial charge in [0.25, 0.3) is 0 Å². The molecule has 0 aliphatic carbocycles. The summed E-state index contributed by atoms with van der Waals surface area (Å²) in [5.41, 5.74) is 6.09. The van der Waals surface area contributed by atoms with Crippen molar-refractivity contribution in [3.63, 3.8) is 0 Å². The molecule has 0 aromatic heterocycles. The van der Waals surface area contributed by atoms with Crippen LogP contribution in [0.1, 0.15) is 0 Å². The fraction of sp³-hybridized carbons (Fsp3) is 0.125. The second kappa shape index (κ2) is 4.84. The van der Waals surface area contributed by atoms with Crippen LogP contribution in [0.5, 0.6) is 0 Å². The summed E-state index contributed by atoms with van der Waals surface area (Å²) in [6, 6.07) is 5.35. The number of halogens is 3. The standard InChI is InChI=1S/C8H7BrCl2N2/c9-5-1-2-6(11)7(3-5)13-8(12)4-10/h1-3H,4H2,(H2,12,13). The number of alkyl halides is 1. The molecule has 0 bridgehead atoms. The molecule has 0 atom stereocenters. The molecule has 0 radical (unpaired) electrons. The van der Waals surface area contributed by atoms with Crippen molar-refractivity contribution >= 4 is 50.7 Å². The first-order valence-corrected chi connectivity index (χ1v) is 5.18. The summed E-state index contributed by atoms with van der Waals surface area (Å²) in [6.45, 7) is 0. The fourth-order valence-electron chi connectivity index (χ4n) is 0.756. The lowest BCUT2D eigenvalue weighted by molar-refractivity contribution is 1.44. The third-order valence-corrected chi connectivity index (χ3v) is 2.40. The first-order valence-electron chi connectivity index (χ1n) is 3.47. The highest BCUT2D eigenvalue weighted by Crippen LogP contribution is 2.28. The van der Waals surface area contributed by atoms with E-state index in [4.69, 9.17) is 28.9 Å². The van der Waals surface area contributed by atoms with E-state index in [1.807, 2.05) is 6.07 Å². The first kappa shape index (κ1) is 10.8. The van der Waals surface area contributed by atoms with Crippen molar-refractivity contribution in [1.82, 2.24) is 0 Å². The second-order valence-corrected chi connectivity index (χ2v) is 3.92. The molecule has 1 aromatic carbocycles. The number of benzene rings is 1. The van der Waals surface area contributed by atoms with Crippen molar-refractivity contribution in [2.75, 3.05) is 5.88 Å². The van der Waals surface area contributed by atoms with Crippen LogP contribution in [-0.2, 0) is 0 Å². The molecule has 0 aliphatic rings. The summed E-state index contributed by atoms with van der Waals surface area (Å²) in [5, 5.41) is 0.552. The molecule has 0 saturated carbocycles. The van der Waals surface area contributed by atoms with Gasteiger partial charge in [0, 0.05) is 4.47 Å². The summed E-state index contributed by atoms with van der Waals surface area (Å²) >= 11 is 14.7. The van der Waals surface area contributed by atoms with Gasteiger partial charge >= 0.3 is 0 Å². The van der Waals surface area contributed by atoms with Gasteiger partial charge in [-0.05, 0) is 18.2 Å². The van der Waals surface area contributed by atoms with Crippen molar-refractivity contribution in [2.24, 2.45) is 10.7 Å². The number of rotatable bonds is 2. The third-order valence-electron chi connectivity index (χ3n) is 1.31. The smallest absolute Gasteiger partial charge is 0.115 e. The maximum absolute atomic E-state index is 5.87. The number of amidine groups is 1. The molecule has 0 unspecified atom stereocenters. The summed E-state index contributed by atoms with van der Waals surface area (Å²) in [7, 11) is 0. The Morgan fingerprint density at radius 2 is 2.23 bits per heavy atom. The van der Waals surface area contributed by atoms with Crippen LogP contribution in [0.4, 0.5) is 5.69 Å². The highest BCUT2D eigenvalue weighted by atomic mass is 79.9. The summed E-state index contributed by atoms with van der Waals surface area (Å²) in [6.07, 6.45) is 0. The van der Waals surface area contributed by atoms with Crippen LogP contribution >= 0.6 is 39.1 Å². The maximum atomic E-state index is 5.87. The van der Waals surface area contributed by atoms with E-state index < -0.39 is 0 Å². The zero-order valence-corrected chi connectivity index (χ0v) is 9.70. The molecule has 0 amide bonds. The van der Waals surface area contributed by atoms with Gasteiger partial charge in [-0.3, -0.25) is 0 Å². The lowest BCUT2D eigenvalue weighted by Crippen LogP contribution is -2.12. The molecule has 1 aromatic rings. The molecule has 0 heterocycles. The van der Waals surface area contributed by atoms with E-state index in [2.05, 4.69) is 20.9 Å². The van der Waals surface area contributed by atoms with E-state index in [1.165, 1.54) is 0 Å². The summed E-state index contributed by atoms with van der Waals surface area (Å²) < 4.78 is 0.901. The predicted molar refractivity (Wildman–Crippen MR) is 61.2 cm³/mol. The molecular formula is C8H7BrCl2N2. The van der Waals surface area contributed by atoms with Gasteiger partial charge in [0.05, 0.1) is 16.6 Å². The Labute approximate surface area is 94.9 Å². The minimum Gasteiger partial charge on any atom is -0.386 e. The van der Waals surface area contributed by atoms with E-state index in [0.717, 1.165) is 4.47 Å². The number of nitrogens with two attached hydrogens (primary N) is 1. The van der Waals surface area contributed by atoms with Crippen molar-refractivity contribution in [1.29, 1.82) is 0 Å². The Balaban J connectivity index is 3.07. The van der Waals surface area contributed by atoms with E-state index in [0.29, 0.717) is 16.5 Å². The first-order chi connectivity index (χ1) is 6.13. The van der Waals surface area contributed by atoms with Crippen molar-refractivity contribution in [3.05, 3.63) is 27.7 Å². The van der Waals surface area contributed by atoms with Crippen molar-refractivity contribution < 1.29 is 0 Å². The van der Waals surface area contributed by atoms with Crippen LogP contribution in [-0.4, -0.2) is 11.7 Å². The molecule has 70 valence electrons. The fourth-order valence-corrected chi connectivity index (χ4v) is 1.32. The second-order valence-electron chi connectivity index (χ2n) is 2.33. The minimum atomic E-state index is 0.197. The van der Waals surface area contributed by atoms with Gasteiger partial charge in [0.1, 0.15) is 5.84 Å². The Bertz CT molecular complexity index is 339. The molecule has 0 aliphatic heterocycles. The minimum absolute atomic E-state index is 0.197. The van der Waals surface area contributed by atoms with Gasteiger partial charge in [0.2, 0.25) is 0 Å². The highest BCUT2D eigenvalue weighted by Gasteiger charge is 1.99. The van der Waals surface area contributed by atoms with Crippen LogP contribution < -0.4 is 5.73 Å². The monoisotopic (exact) mass is 280 g/mol. The van der Waals surface area contributed by atoms with Gasteiger partial charge in [-0.15, -0.1) is 11.6 Å². The Morgan fingerprint density at radius 3 is 2.85 bits per heavy atom. The van der Waals surface area contributed by atoms with Crippen LogP contribution in [0.25, 0.3) is 0 Å². The largest absolute Gasteiger partial charge is 0.386 e. The van der Waals surface area contributed by atoms with Crippen LogP contribution in [0, 0.1) is 0 Å². The van der Waals surface area contributed by atoms with Gasteiger partial charge < -0.3 is 5.73 Å². The molecule has 5 heteroatoms. The molecule has 2 N–H and O–H groups in total. The van der Waals surface area contributed by atoms with E-state index in [9.17, 15) is 0 Å². The van der Waals surface area contributed by atoms with Gasteiger partial charge in [-0.2, -0.15) is 0 Å². The Kier molecular flexibility index (Phi) is 4.03. The number of hydrogen-bond donors (Lipinski definition) is 1. The van der Waals surface area contributed by atoms with Gasteiger partial charge in [-0.25, -0.2) is 4.99 Å². The number of hydrogen-bond acceptors (Lipinski definition) is 1. The lowest BCUT2D eigenvalue weighted by Gasteiger charge is -1.99. The van der Waals surface area contributed by atoms with Crippen LogP contribution in [0.15, 0.2) is 27.7 Å². The average Bonchev–Trinajstić information content (AvgIpc) is 2.11. The molecule has 0 spiro atoms. The molecule has 1 rings (SSSR count). The third kappa shape index (κ3) is 3.18. The van der Waals surface area contributed by atoms with Crippen molar-refractivity contribution in [3.8, 4) is 0 Å². The highest BCUT2D eigenvalue weighted by molar-refractivity contribution is 9.10. The van der Waals surface area contributed by atoms with E-state index >= 15 is 0 Å². The van der Waals surface area contributed by atoms with Crippen LogP contribution in [0.3, 0.4) is 0 Å². The predicted octanol–water partition coefficient (Wildman–Crippen LogP) is 3.33. The average molecular weight is 282 g/mol. The normalized spacial score (nSPS) is 11.8.